The second kappa shape index (κ2) is 8.09. The molecule has 0 amide bonds. The number of methoxy groups -OCH3 is 1. The fourth-order valence-corrected chi connectivity index (χ4v) is 3.95. The summed E-state index contributed by atoms with van der Waals surface area (Å²) >= 11 is 0. The van der Waals surface area contributed by atoms with Gasteiger partial charge in [0, 0.05) is 0 Å². The van der Waals surface area contributed by atoms with Crippen molar-refractivity contribution in [3.8, 4) is 11.5 Å². The van der Waals surface area contributed by atoms with Crippen LogP contribution >= 0.6 is 0 Å². The summed E-state index contributed by atoms with van der Waals surface area (Å²) in [4.78, 5) is 11.2. The van der Waals surface area contributed by atoms with Crippen molar-refractivity contribution >= 4 is 21.7 Å². The largest absolute Gasteiger partial charge is 0.496 e. The van der Waals surface area contributed by atoms with Crippen LogP contribution in [-0.4, -0.2) is 39.8 Å². The highest BCUT2D eigenvalue weighted by molar-refractivity contribution is 7.92. The maximum absolute atomic E-state index is 13.0. The van der Waals surface area contributed by atoms with Gasteiger partial charge in [-0.15, -0.1) is 0 Å². The number of ether oxygens (including phenoxy) is 2. The molecule has 8 heteroatoms. The average molecular weight is 379 g/mol. The normalized spacial score (nSPS) is 11.0. The molecule has 0 bridgehead atoms. The van der Waals surface area contributed by atoms with Gasteiger partial charge in [0.1, 0.15) is 18.0 Å². The summed E-state index contributed by atoms with van der Waals surface area (Å²) in [5, 5.41) is 9.18. The van der Waals surface area contributed by atoms with Crippen LogP contribution in [0.1, 0.15) is 12.5 Å². The molecule has 0 unspecified atom stereocenters. The summed E-state index contributed by atoms with van der Waals surface area (Å²) in [6.45, 7) is 3.33. The standard InChI is InChI=1S/C18H21NO6S/c1-4-25-15-7-5-14(6-8-15)19(12-18(20)21)26(22,23)16-9-10-17(24-3)13(2)11-16/h5-11H,4,12H2,1-3H3,(H,20,21). The third kappa shape index (κ3) is 4.26. The van der Waals surface area contributed by atoms with E-state index in [4.69, 9.17) is 9.47 Å². The van der Waals surface area contributed by atoms with Crippen LogP contribution in [0, 0.1) is 6.92 Å². The van der Waals surface area contributed by atoms with Gasteiger partial charge in [0.2, 0.25) is 0 Å². The smallest absolute Gasteiger partial charge is 0.324 e. The van der Waals surface area contributed by atoms with E-state index in [1.54, 1.807) is 25.1 Å². The van der Waals surface area contributed by atoms with Crippen LogP contribution in [0.3, 0.4) is 0 Å². The van der Waals surface area contributed by atoms with Crippen molar-refractivity contribution in [3.05, 3.63) is 48.0 Å². The van der Waals surface area contributed by atoms with Crippen LogP contribution in [0.15, 0.2) is 47.4 Å². The summed E-state index contributed by atoms with van der Waals surface area (Å²) in [6.07, 6.45) is 0. The average Bonchev–Trinajstić information content (AvgIpc) is 2.60. The van der Waals surface area contributed by atoms with E-state index in [0.717, 1.165) is 4.31 Å². The van der Waals surface area contributed by atoms with Crippen molar-refractivity contribution < 1.29 is 27.8 Å². The first kappa shape index (κ1) is 19.6. The molecule has 140 valence electrons. The molecule has 0 spiro atoms. The fraction of sp³-hybridized carbons (Fsp3) is 0.278. The Morgan fingerprint density at radius 3 is 2.31 bits per heavy atom. The summed E-state index contributed by atoms with van der Waals surface area (Å²) in [7, 11) is -2.57. The Balaban J connectivity index is 2.47. The molecule has 0 aliphatic rings. The zero-order valence-electron chi connectivity index (χ0n) is 14.8. The Kier molecular flexibility index (Phi) is 6.10. The highest BCUT2D eigenvalue weighted by Crippen LogP contribution is 2.28. The number of nitrogens with zero attached hydrogens (tertiary/aromatic N) is 1. The lowest BCUT2D eigenvalue weighted by molar-refractivity contribution is -0.135. The number of sulfonamides is 1. The number of carboxylic acids is 1. The molecule has 2 aromatic rings. The molecule has 2 aromatic carbocycles. The Morgan fingerprint density at radius 1 is 1.15 bits per heavy atom. The maximum Gasteiger partial charge on any atom is 0.324 e. The van der Waals surface area contributed by atoms with Crippen molar-refractivity contribution in [2.24, 2.45) is 0 Å². The van der Waals surface area contributed by atoms with E-state index in [1.165, 1.54) is 31.4 Å². The van der Waals surface area contributed by atoms with Gasteiger partial charge in [-0.1, -0.05) is 0 Å². The quantitative estimate of drug-likeness (QED) is 0.758. The Hall–Kier alpha value is -2.74. The molecule has 0 fully saturated rings. The number of carbonyl (C=O) groups is 1. The SMILES string of the molecule is CCOc1ccc(N(CC(=O)O)S(=O)(=O)c2ccc(OC)c(C)c2)cc1. The van der Waals surface area contributed by atoms with Crippen LogP contribution in [0.2, 0.25) is 0 Å². The van der Waals surface area contributed by atoms with Crippen molar-refractivity contribution in [2.45, 2.75) is 18.7 Å². The van der Waals surface area contributed by atoms with Crippen molar-refractivity contribution in [1.82, 2.24) is 0 Å². The van der Waals surface area contributed by atoms with E-state index >= 15 is 0 Å². The molecule has 0 atom stereocenters. The minimum absolute atomic E-state index is 0.00839. The summed E-state index contributed by atoms with van der Waals surface area (Å²) < 4.78 is 37.4. The lowest BCUT2D eigenvalue weighted by Crippen LogP contribution is -2.35. The summed E-state index contributed by atoms with van der Waals surface area (Å²) in [6, 6.07) is 10.6. The molecule has 2 rings (SSSR count). The van der Waals surface area contributed by atoms with Crippen LogP contribution < -0.4 is 13.8 Å². The molecule has 0 radical (unpaired) electrons. The van der Waals surface area contributed by atoms with Gasteiger partial charge in [0.05, 0.1) is 24.3 Å². The van der Waals surface area contributed by atoms with Crippen molar-refractivity contribution in [2.75, 3.05) is 24.6 Å². The minimum Gasteiger partial charge on any atom is -0.496 e. The topological polar surface area (TPSA) is 93.1 Å². The number of hydrogen-bond acceptors (Lipinski definition) is 5. The number of aliphatic carboxylic acids is 1. The van der Waals surface area contributed by atoms with E-state index in [9.17, 15) is 18.3 Å². The molecular formula is C18H21NO6S. The van der Waals surface area contributed by atoms with E-state index in [0.29, 0.717) is 23.7 Å². The number of benzene rings is 2. The number of hydrogen-bond donors (Lipinski definition) is 1. The van der Waals surface area contributed by atoms with Gasteiger partial charge >= 0.3 is 5.97 Å². The van der Waals surface area contributed by atoms with Gasteiger partial charge in [0.15, 0.2) is 0 Å². The Bertz CT molecular complexity index is 877. The first-order valence-electron chi connectivity index (χ1n) is 7.91. The lowest BCUT2D eigenvalue weighted by atomic mass is 10.2. The molecule has 0 saturated heterocycles. The third-order valence-corrected chi connectivity index (χ3v) is 5.44. The monoisotopic (exact) mass is 379 g/mol. The highest BCUT2D eigenvalue weighted by Gasteiger charge is 2.27. The van der Waals surface area contributed by atoms with Crippen LogP contribution in [-0.2, 0) is 14.8 Å². The number of carboxylic acid groups (broad SMARTS) is 1. The molecule has 0 aromatic heterocycles. The molecular weight excluding hydrogens is 358 g/mol. The van der Waals surface area contributed by atoms with Crippen LogP contribution in [0.25, 0.3) is 0 Å². The molecule has 1 N–H and O–H groups in total. The molecule has 0 aliphatic heterocycles. The van der Waals surface area contributed by atoms with Crippen molar-refractivity contribution in [1.29, 1.82) is 0 Å². The van der Waals surface area contributed by atoms with E-state index in [2.05, 4.69) is 0 Å². The Morgan fingerprint density at radius 2 is 1.81 bits per heavy atom. The summed E-state index contributed by atoms with van der Waals surface area (Å²) in [5.74, 6) is -0.133. The maximum atomic E-state index is 13.0. The molecule has 0 saturated carbocycles. The zero-order chi connectivity index (χ0) is 19.3. The molecule has 0 aliphatic carbocycles. The second-order valence-corrected chi connectivity index (χ2v) is 7.33. The first-order chi connectivity index (χ1) is 12.3. The highest BCUT2D eigenvalue weighted by atomic mass is 32.2. The number of anilines is 1. The van der Waals surface area contributed by atoms with Gasteiger partial charge in [-0.3, -0.25) is 9.10 Å². The van der Waals surface area contributed by atoms with Gasteiger partial charge < -0.3 is 14.6 Å². The van der Waals surface area contributed by atoms with Crippen LogP contribution in [0.5, 0.6) is 11.5 Å². The third-order valence-electron chi connectivity index (χ3n) is 3.67. The fourth-order valence-electron chi connectivity index (χ4n) is 2.45. The summed E-state index contributed by atoms with van der Waals surface area (Å²) in [5.41, 5.74) is 0.875. The number of rotatable bonds is 8. The van der Waals surface area contributed by atoms with Gasteiger partial charge in [-0.05, 0) is 61.9 Å². The molecule has 0 heterocycles. The first-order valence-corrected chi connectivity index (χ1v) is 9.35. The van der Waals surface area contributed by atoms with Gasteiger partial charge in [0.25, 0.3) is 10.0 Å². The predicted octanol–water partition coefficient (Wildman–Crippen LogP) is 2.68. The second-order valence-electron chi connectivity index (χ2n) is 5.46. The predicted molar refractivity (Wildman–Crippen MR) is 97.5 cm³/mol. The Labute approximate surface area is 152 Å². The number of aryl methyl sites for hydroxylation is 1. The molecule has 26 heavy (non-hydrogen) atoms. The van der Waals surface area contributed by atoms with Gasteiger partial charge in [-0.25, -0.2) is 8.42 Å². The lowest BCUT2D eigenvalue weighted by Gasteiger charge is -2.23. The van der Waals surface area contributed by atoms with Crippen LogP contribution in [0.4, 0.5) is 5.69 Å². The van der Waals surface area contributed by atoms with Gasteiger partial charge in [-0.2, -0.15) is 0 Å². The molecule has 7 nitrogen and oxygen atoms in total. The minimum atomic E-state index is -4.07. The van der Waals surface area contributed by atoms with E-state index in [-0.39, 0.29) is 10.6 Å². The van der Waals surface area contributed by atoms with Crippen molar-refractivity contribution in [3.63, 3.8) is 0 Å². The van der Waals surface area contributed by atoms with E-state index < -0.39 is 22.5 Å². The zero-order valence-corrected chi connectivity index (χ0v) is 15.6. The van der Waals surface area contributed by atoms with E-state index in [1.807, 2.05) is 6.92 Å².